The highest BCUT2D eigenvalue weighted by molar-refractivity contribution is 5.95. The maximum atomic E-state index is 12.3. The van der Waals surface area contributed by atoms with Crippen LogP contribution in [0.5, 0.6) is 11.6 Å². The Morgan fingerprint density at radius 2 is 1.76 bits per heavy atom. The number of hydrogen-bond acceptors (Lipinski definition) is 7. The molecule has 178 valence electrons. The summed E-state index contributed by atoms with van der Waals surface area (Å²) in [6, 6.07) is 14.2. The minimum absolute atomic E-state index is 0.0221. The van der Waals surface area contributed by atoms with Crippen LogP contribution in [0.2, 0.25) is 0 Å². The van der Waals surface area contributed by atoms with Crippen molar-refractivity contribution in [2.24, 2.45) is 10.2 Å². The lowest BCUT2D eigenvalue weighted by Gasteiger charge is -2.32. The number of azo groups is 1. The van der Waals surface area contributed by atoms with Gasteiger partial charge in [-0.05, 0) is 37.4 Å². The first-order valence-electron chi connectivity index (χ1n) is 11.1. The number of aromatic nitrogens is 1. The van der Waals surface area contributed by atoms with E-state index in [1.807, 2.05) is 24.3 Å². The van der Waals surface area contributed by atoms with Gasteiger partial charge < -0.3 is 20.1 Å². The Morgan fingerprint density at radius 1 is 1.06 bits per heavy atom. The second kappa shape index (κ2) is 10.4. The van der Waals surface area contributed by atoms with Crippen molar-refractivity contribution in [1.82, 2.24) is 14.4 Å². The summed E-state index contributed by atoms with van der Waals surface area (Å²) in [5.41, 5.74) is 1.72. The summed E-state index contributed by atoms with van der Waals surface area (Å²) in [5.74, 6) is -0.311. The Kier molecular flexibility index (Phi) is 7.19. The molecule has 0 unspecified atom stereocenters. The maximum Gasteiger partial charge on any atom is 0.302 e. The molecule has 0 spiro atoms. The molecule has 0 bridgehead atoms. The van der Waals surface area contributed by atoms with Crippen LogP contribution in [0.1, 0.15) is 6.92 Å². The zero-order valence-corrected chi connectivity index (χ0v) is 19.3. The second-order valence-corrected chi connectivity index (χ2v) is 8.27. The van der Waals surface area contributed by atoms with Crippen LogP contribution < -0.4 is 10.1 Å². The molecule has 0 aliphatic carbocycles. The summed E-state index contributed by atoms with van der Waals surface area (Å²) in [4.78, 5) is 27.9. The molecule has 1 fully saturated rings. The molecule has 0 atom stereocenters. The van der Waals surface area contributed by atoms with Gasteiger partial charge in [0.25, 0.3) is 0 Å². The smallest absolute Gasteiger partial charge is 0.302 e. The van der Waals surface area contributed by atoms with Crippen molar-refractivity contribution in [3.05, 3.63) is 48.5 Å². The van der Waals surface area contributed by atoms with Crippen molar-refractivity contribution in [3.63, 3.8) is 0 Å². The number of para-hydroxylation sites is 1. The number of anilines is 1. The molecule has 2 amide bonds. The number of piperazine rings is 1. The molecule has 10 nitrogen and oxygen atoms in total. The van der Waals surface area contributed by atoms with Gasteiger partial charge in [0.05, 0.1) is 12.2 Å². The van der Waals surface area contributed by atoms with Crippen LogP contribution in [0.15, 0.2) is 58.8 Å². The molecular weight excluding hydrogens is 436 g/mol. The number of hydrogen-bond donors (Lipinski definition) is 2. The number of rotatable bonds is 7. The quantitative estimate of drug-likeness (QED) is 0.520. The van der Waals surface area contributed by atoms with E-state index in [2.05, 4.69) is 32.4 Å². The van der Waals surface area contributed by atoms with Crippen molar-refractivity contribution < 1.29 is 19.4 Å². The van der Waals surface area contributed by atoms with E-state index in [1.165, 1.54) is 6.92 Å². The Hall–Kier alpha value is -3.76. The first-order valence-corrected chi connectivity index (χ1v) is 11.1. The molecule has 34 heavy (non-hydrogen) atoms. The summed E-state index contributed by atoms with van der Waals surface area (Å²) in [5, 5.41) is 22.1. The monoisotopic (exact) mass is 464 g/mol. The number of nitrogens with one attached hydrogen (secondary N) is 1. The molecule has 1 aliphatic rings. The lowest BCUT2D eigenvalue weighted by atomic mass is 10.2. The number of carbonyl (C=O) groups excluding carboxylic acids is 2. The van der Waals surface area contributed by atoms with E-state index in [-0.39, 0.29) is 24.1 Å². The third-order valence-electron chi connectivity index (χ3n) is 5.65. The SMILES string of the molecule is CC(=O)Nc1ccc(OCC(=O)N=Nc2c(O)n(CN3CCN(C)CC3)c3ccccc23)cc1. The molecule has 1 aromatic heterocycles. The van der Waals surface area contributed by atoms with Crippen LogP contribution in [0.3, 0.4) is 0 Å². The lowest BCUT2D eigenvalue weighted by Crippen LogP contribution is -2.44. The topological polar surface area (TPSA) is 112 Å². The predicted octanol–water partition coefficient (Wildman–Crippen LogP) is 3.20. The highest BCUT2D eigenvalue weighted by atomic mass is 16.5. The number of aromatic hydroxyl groups is 1. The number of fused-ring (bicyclic) bond motifs is 1. The third kappa shape index (κ3) is 5.59. The highest BCUT2D eigenvalue weighted by Gasteiger charge is 2.20. The van der Waals surface area contributed by atoms with Gasteiger partial charge in [0.15, 0.2) is 12.3 Å². The van der Waals surface area contributed by atoms with Gasteiger partial charge in [0.2, 0.25) is 11.8 Å². The Balaban J connectivity index is 1.44. The first-order chi connectivity index (χ1) is 16.4. The summed E-state index contributed by atoms with van der Waals surface area (Å²) in [7, 11) is 2.10. The van der Waals surface area contributed by atoms with E-state index in [4.69, 9.17) is 4.74 Å². The molecule has 2 aromatic carbocycles. The largest absolute Gasteiger partial charge is 0.493 e. The van der Waals surface area contributed by atoms with Gasteiger partial charge in [-0.1, -0.05) is 18.2 Å². The van der Waals surface area contributed by atoms with Crippen molar-refractivity contribution in [2.45, 2.75) is 13.6 Å². The van der Waals surface area contributed by atoms with Gasteiger partial charge in [-0.25, -0.2) is 0 Å². The molecule has 3 aromatic rings. The van der Waals surface area contributed by atoms with Crippen LogP contribution >= 0.6 is 0 Å². The number of likely N-dealkylation sites (N-methyl/N-ethyl adjacent to an activating group) is 1. The fraction of sp³-hybridized carbons (Fsp3) is 0.333. The van der Waals surface area contributed by atoms with E-state index in [0.717, 1.165) is 37.1 Å². The van der Waals surface area contributed by atoms with Crippen molar-refractivity contribution in [1.29, 1.82) is 0 Å². The Morgan fingerprint density at radius 3 is 2.47 bits per heavy atom. The lowest BCUT2D eigenvalue weighted by molar-refractivity contribution is -0.120. The van der Waals surface area contributed by atoms with E-state index < -0.39 is 5.91 Å². The molecule has 2 N–H and O–H groups in total. The number of benzene rings is 2. The van der Waals surface area contributed by atoms with Crippen molar-refractivity contribution in [2.75, 3.05) is 45.2 Å². The first kappa shape index (κ1) is 23.4. The molecule has 2 heterocycles. The van der Waals surface area contributed by atoms with E-state index in [0.29, 0.717) is 18.1 Å². The standard InChI is InChI=1S/C24H28N6O4/c1-17(31)25-18-7-9-19(10-8-18)34-15-22(32)26-27-23-20-5-3-4-6-21(20)30(24(23)33)16-29-13-11-28(2)12-14-29/h3-10,33H,11-16H2,1-2H3,(H,25,31). The van der Waals surface area contributed by atoms with E-state index in [9.17, 15) is 14.7 Å². The van der Waals surface area contributed by atoms with Crippen LogP contribution in [0.4, 0.5) is 11.4 Å². The Labute approximate surface area is 197 Å². The predicted molar refractivity (Wildman–Crippen MR) is 128 cm³/mol. The fourth-order valence-electron chi connectivity index (χ4n) is 3.82. The van der Waals surface area contributed by atoms with Gasteiger partial charge in [-0.2, -0.15) is 0 Å². The second-order valence-electron chi connectivity index (χ2n) is 8.27. The minimum atomic E-state index is -0.582. The highest BCUT2D eigenvalue weighted by Crippen LogP contribution is 2.39. The Bertz CT molecular complexity index is 1200. The van der Waals surface area contributed by atoms with Crippen LogP contribution in [0, 0.1) is 0 Å². The molecule has 0 radical (unpaired) electrons. The molecule has 1 saturated heterocycles. The van der Waals surface area contributed by atoms with E-state index in [1.54, 1.807) is 28.8 Å². The zero-order chi connectivity index (χ0) is 24.1. The number of carbonyl (C=O) groups is 2. The number of ether oxygens (including phenoxy) is 1. The van der Waals surface area contributed by atoms with Crippen LogP contribution in [0.25, 0.3) is 10.9 Å². The van der Waals surface area contributed by atoms with Crippen LogP contribution in [-0.4, -0.2) is 71.1 Å². The minimum Gasteiger partial charge on any atom is -0.493 e. The molecular formula is C24H28N6O4. The third-order valence-corrected chi connectivity index (χ3v) is 5.65. The van der Waals surface area contributed by atoms with Gasteiger partial charge >= 0.3 is 5.91 Å². The average Bonchev–Trinajstić information content (AvgIpc) is 3.09. The molecule has 1 aliphatic heterocycles. The van der Waals surface area contributed by atoms with Gasteiger partial charge in [0.1, 0.15) is 5.75 Å². The summed E-state index contributed by atoms with van der Waals surface area (Å²) in [6.07, 6.45) is 0. The van der Waals surface area contributed by atoms with Gasteiger partial charge in [-0.3, -0.25) is 19.1 Å². The number of amides is 2. The van der Waals surface area contributed by atoms with Crippen molar-refractivity contribution in [3.8, 4) is 11.6 Å². The normalized spacial score (nSPS) is 15.1. The molecule has 10 heteroatoms. The van der Waals surface area contributed by atoms with Crippen LogP contribution in [-0.2, 0) is 16.3 Å². The summed E-state index contributed by atoms with van der Waals surface area (Å²) < 4.78 is 7.25. The number of nitrogens with zero attached hydrogens (tertiary/aromatic N) is 5. The fourth-order valence-corrected chi connectivity index (χ4v) is 3.82. The maximum absolute atomic E-state index is 12.3. The van der Waals surface area contributed by atoms with Gasteiger partial charge in [-0.15, -0.1) is 10.2 Å². The zero-order valence-electron chi connectivity index (χ0n) is 19.3. The van der Waals surface area contributed by atoms with Crippen molar-refractivity contribution >= 4 is 34.1 Å². The molecule has 4 rings (SSSR count). The summed E-state index contributed by atoms with van der Waals surface area (Å²) in [6.45, 7) is 5.40. The van der Waals surface area contributed by atoms with Gasteiger partial charge in [0, 0.05) is 44.2 Å². The average molecular weight is 465 g/mol. The summed E-state index contributed by atoms with van der Waals surface area (Å²) >= 11 is 0. The van der Waals surface area contributed by atoms with E-state index >= 15 is 0 Å². The molecule has 0 saturated carbocycles.